The van der Waals surface area contributed by atoms with Crippen LogP contribution in [0.1, 0.15) is 23.5 Å². The standard InChI is InChI=1S/C13H17N3/c1-9-5-3-6-11-12(7-4-8-14)15-10(2)16-13(9)11/h3,5-6H,4,7-8,14H2,1-2H3. The third-order valence-electron chi connectivity index (χ3n) is 2.74. The van der Waals surface area contributed by atoms with E-state index in [1.54, 1.807) is 0 Å². The highest BCUT2D eigenvalue weighted by atomic mass is 14.9. The molecule has 16 heavy (non-hydrogen) atoms. The average molecular weight is 215 g/mol. The molecule has 0 atom stereocenters. The highest BCUT2D eigenvalue weighted by Crippen LogP contribution is 2.20. The highest BCUT2D eigenvalue weighted by molar-refractivity contribution is 5.83. The van der Waals surface area contributed by atoms with Gasteiger partial charge in [0.25, 0.3) is 0 Å². The maximum absolute atomic E-state index is 5.54. The smallest absolute Gasteiger partial charge is 0.126 e. The molecule has 0 unspecified atom stereocenters. The van der Waals surface area contributed by atoms with Crippen molar-refractivity contribution in [3.05, 3.63) is 35.3 Å². The molecule has 0 spiro atoms. The van der Waals surface area contributed by atoms with Crippen molar-refractivity contribution >= 4 is 10.9 Å². The van der Waals surface area contributed by atoms with Gasteiger partial charge in [-0.15, -0.1) is 0 Å². The molecule has 2 rings (SSSR count). The van der Waals surface area contributed by atoms with Gasteiger partial charge in [-0.2, -0.15) is 0 Å². The van der Waals surface area contributed by atoms with Gasteiger partial charge >= 0.3 is 0 Å². The van der Waals surface area contributed by atoms with Crippen molar-refractivity contribution < 1.29 is 0 Å². The molecular formula is C13H17N3. The fraction of sp³-hybridized carbons (Fsp3) is 0.385. The number of para-hydroxylation sites is 1. The topological polar surface area (TPSA) is 51.8 Å². The normalized spacial score (nSPS) is 10.9. The molecule has 2 aromatic rings. The number of nitrogens with zero attached hydrogens (tertiary/aromatic N) is 2. The van der Waals surface area contributed by atoms with E-state index in [-0.39, 0.29) is 0 Å². The average Bonchev–Trinajstić information content (AvgIpc) is 2.27. The van der Waals surface area contributed by atoms with E-state index in [4.69, 9.17) is 5.73 Å². The molecule has 0 radical (unpaired) electrons. The van der Waals surface area contributed by atoms with Crippen molar-refractivity contribution in [1.29, 1.82) is 0 Å². The van der Waals surface area contributed by atoms with E-state index in [1.807, 2.05) is 6.92 Å². The van der Waals surface area contributed by atoms with Crippen LogP contribution in [0.3, 0.4) is 0 Å². The number of aryl methyl sites for hydroxylation is 3. The number of fused-ring (bicyclic) bond motifs is 1. The van der Waals surface area contributed by atoms with Crippen molar-refractivity contribution in [3.63, 3.8) is 0 Å². The summed E-state index contributed by atoms with van der Waals surface area (Å²) in [4.78, 5) is 9.01. The third kappa shape index (κ3) is 2.04. The maximum atomic E-state index is 5.54. The second-order valence-electron chi connectivity index (χ2n) is 4.08. The van der Waals surface area contributed by atoms with Gasteiger partial charge in [-0.3, -0.25) is 0 Å². The summed E-state index contributed by atoms with van der Waals surface area (Å²) >= 11 is 0. The predicted molar refractivity (Wildman–Crippen MR) is 66.4 cm³/mol. The Labute approximate surface area is 95.7 Å². The number of hydrogen-bond acceptors (Lipinski definition) is 3. The van der Waals surface area contributed by atoms with Crippen LogP contribution in [-0.2, 0) is 6.42 Å². The summed E-state index contributed by atoms with van der Waals surface area (Å²) in [5.41, 5.74) is 8.94. The van der Waals surface area contributed by atoms with Crippen LogP contribution in [0.2, 0.25) is 0 Å². The summed E-state index contributed by atoms with van der Waals surface area (Å²) < 4.78 is 0. The minimum atomic E-state index is 0.705. The van der Waals surface area contributed by atoms with Gasteiger partial charge in [-0.05, 0) is 38.8 Å². The lowest BCUT2D eigenvalue weighted by atomic mass is 10.1. The van der Waals surface area contributed by atoms with E-state index in [9.17, 15) is 0 Å². The van der Waals surface area contributed by atoms with Crippen molar-refractivity contribution in [2.45, 2.75) is 26.7 Å². The lowest BCUT2D eigenvalue weighted by Crippen LogP contribution is -2.04. The Bertz CT molecular complexity index is 506. The second-order valence-corrected chi connectivity index (χ2v) is 4.08. The van der Waals surface area contributed by atoms with Crippen LogP contribution in [0, 0.1) is 13.8 Å². The van der Waals surface area contributed by atoms with Crippen molar-refractivity contribution in [3.8, 4) is 0 Å². The van der Waals surface area contributed by atoms with Crippen LogP contribution >= 0.6 is 0 Å². The predicted octanol–water partition coefficient (Wildman–Crippen LogP) is 2.14. The van der Waals surface area contributed by atoms with Gasteiger partial charge in [0, 0.05) is 5.39 Å². The van der Waals surface area contributed by atoms with Gasteiger partial charge in [-0.25, -0.2) is 9.97 Å². The quantitative estimate of drug-likeness (QED) is 0.853. The molecule has 0 fully saturated rings. The zero-order chi connectivity index (χ0) is 11.5. The first-order chi connectivity index (χ1) is 7.72. The summed E-state index contributed by atoms with van der Waals surface area (Å²) in [6.07, 6.45) is 1.90. The van der Waals surface area contributed by atoms with E-state index >= 15 is 0 Å². The largest absolute Gasteiger partial charge is 0.330 e. The summed E-state index contributed by atoms with van der Waals surface area (Å²) in [5, 5.41) is 1.17. The number of nitrogens with two attached hydrogens (primary N) is 1. The summed E-state index contributed by atoms with van der Waals surface area (Å²) in [7, 11) is 0. The number of rotatable bonds is 3. The van der Waals surface area contributed by atoms with Crippen LogP contribution in [0.25, 0.3) is 10.9 Å². The van der Waals surface area contributed by atoms with Crippen molar-refractivity contribution in [2.24, 2.45) is 5.73 Å². The Balaban J connectivity index is 2.59. The molecule has 0 saturated heterocycles. The van der Waals surface area contributed by atoms with E-state index in [1.165, 1.54) is 10.9 Å². The van der Waals surface area contributed by atoms with E-state index in [0.29, 0.717) is 6.54 Å². The molecule has 0 bridgehead atoms. The first-order valence-electron chi connectivity index (χ1n) is 5.65. The monoisotopic (exact) mass is 215 g/mol. The number of aromatic nitrogens is 2. The minimum absolute atomic E-state index is 0.705. The SMILES string of the molecule is Cc1nc(CCCN)c2cccc(C)c2n1. The lowest BCUT2D eigenvalue weighted by molar-refractivity contribution is 0.808. The molecule has 84 valence electrons. The van der Waals surface area contributed by atoms with Crippen LogP contribution in [0.4, 0.5) is 0 Å². The molecule has 0 aliphatic carbocycles. The lowest BCUT2D eigenvalue weighted by Gasteiger charge is -2.07. The van der Waals surface area contributed by atoms with E-state index < -0.39 is 0 Å². The van der Waals surface area contributed by atoms with Gasteiger partial charge in [0.1, 0.15) is 5.82 Å². The van der Waals surface area contributed by atoms with E-state index in [2.05, 4.69) is 35.1 Å². The Hall–Kier alpha value is -1.48. The first-order valence-corrected chi connectivity index (χ1v) is 5.65. The van der Waals surface area contributed by atoms with Crippen LogP contribution < -0.4 is 5.73 Å². The molecule has 1 aromatic heterocycles. The van der Waals surface area contributed by atoms with Crippen LogP contribution in [-0.4, -0.2) is 16.5 Å². The molecule has 0 amide bonds. The molecule has 0 aliphatic heterocycles. The molecule has 3 heteroatoms. The number of hydrogen-bond donors (Lipinski definition) is 1. The van der Waals surface area contributed by atoms with Crippen LogP contribution in [0.15, 0.2) is 18.2 Å². The van der Waals surface area contributed by atoms with E-state index in [0.717, 1.165) is 29.9 Å². The van der Waals surface area contributed by atoms with Gasteiger partial charge < -0.3 is 5.73 Å². The number of benzene rings is 1. The van der Waals surface area contributed by atoms with Crippen LogP contribution in [0.5, 0.6) is 0 Å². The third-order valence-corrected chi connectivity index (χ3v) is 2.74. The summed E-state index contributed by atoms with van der Waals surface area (Å²) in [6.45, 7) is 4.73. The zero-order valence-electron chi connectivity index (χ0n) is 9.83. The Morgan fingerprint density at radius 3 is 2.75 bits per heavy atom. The first kappa shape index (κ1) is 11.0. The fourth-order valence-corrected chi connectivity index (χ4v) is 1.94. The highest BCUT2D eigenvalue weighted by Gasteiger charge is 2.06. The Kier molecular flexibility index (Phi) is 3.15. The molecule has 0 saturated carbocycles. The molecule has 1 aromatic carbocycles. The van der Waals surface area contributed by atoms with Gasteiger partial charge in [0.15, 0.2) is 0 Å². The second kappa shape index (κ2) is 4.58. The molecule has 0 aliphatic rings. The molecule has 1 heterocycles. The summed E-state index contributed by atoms with van der Waals surface area (Å²) in [6, 6.07) is 6.23. The Morgan fingerprint density at radius 2 is 2.00 bits per heavy atom. The maximum Gasteiger partial charge on any atom is 0.126 e. The van der Waals surface area contributed by atoms with Gasteiger partial charge in [0.05, 0.1) is 11.2 Å². The Morgan fingerprint density at radius 1 is 1.19 bits per heavy atom. The fourth-order valence-electron chi connectivity index (χ4n) is 1.94. The van der Waals surface area contributed by atoms with Crippen molar-refractivity contribution in [2.75, 3.05) is 6.54 Å². The van der Waals surface area contributed by atoms with Gasteiger partial charge in [-0.1, -0.05) is 18.2 Å². The van der Waals surface area contributed by atoms with Gasteiger partial charge in [0.2, 0.25) is 0 Å². The van der Waals surface area contributed by atoms with Crippen molar-refractivity contribution in [1.82, 2.24) is 9.97 Å². The minimum Gasteiger partial charge on any atom is -0.330 e. The zero-order valence-corrected chi connectivity index (χ0v) is 9.83. The summed E-state index contributed by atoms with van der Waals surface area (Å²) in [5.74, 6) is 0.842. The molecular weight excluding hydrogens is 198 g/mol. The molecule has 3 nitrogen and oxygen atoms in total. The molecule has 2 N–H and O–H groups in total.